The van der Waals surface area contributed by atoms with Crippen LogP contribution in [-0.4, -0.2) is 28.7 Å². The quantitative estimate of drug-likeness (QED) is 0.830. The highest BCUT2D eigenvalue weighted by Crippen LogP contribution is 2.34. The van der Waals surface area contributed by atoms with Gasteiger partial charge in [0.05, 0.1) is 0 Å². The van der Waals surface area contributed by atoms with Crippen LogP contribution in [0.25, 0.3) is 0 Å². The first-order chi connectivity index (χ1) is 9.66. The minimum absolute atomic E-state index is 0.0454. The van der Waals surface area contributed by atoms with E-state index in [1.807, 2.05) is 30.3 Å². The highest BCUT2D eigenvalue weighted by molar-refractivity contribution is 6.36. The van der Waals surface area contributed by atoms with Gasteiger partial charge in [-0.15, -0.1) is 0 Å². The number of nitrogens with two attached hydrogens (primary N) is 1. The molecule has 1 heterocycles. The van der Waals surface area contributed by atoms with Crippen molar-refractivity contribution in [1.82, 2.24) is 4.90 Å². The Kier molecular flexibility index (Phi) is 3.57. The van der Waals surface area contributed by atoms with Crippen molar-refractivity contribution >= 4 is 11.7 Å². The Morgan fingerprint density at radius 1 is 1.15 bits per heavy atom. The second-order valence-corrected chi connectivity index (χ2v) is 5.87. The van der Waals surface area contributed by atoms with Crippen molar-refractivity contribution in [3.8, 4) is 0 Å². The van der Waals surface area contributed by atoms with Crippen molar-refractivity contribution in [3.63, 3.8) is 0 Å². The van der Waals surface area contributed by atoms with Crippen LogP contribution in [0.5, 0.6) is 0 Å². The Balaban J connectivity index is 1.85. The molecule has 1 aromatic carbocycles. The first-order valence-electron chi connectivity index (χ1n) is 7.30. The molecule has 1 aliphatic carbocycles. The molecule has 4 heteroatoms. The van der Waals surface area contributed by atoms with Gasteiger partial charge < -0.3 is 10.6 Å². The van der Waals surface area contributed by atoms with E-state index in [1.165, 1.54) is 0 Å². The maximum atomic E-state index is 12.2. The van der Waals surface area contributed by atoms with Crippen LogP contribution in [-0.2, 0) is 16.1 Å². The molecule has 1 aliphatic heterocycles. The number of benzene rings is 1. The number of hydrogen-bond acceptors (Lipinski definition) is 3. The number of carbonyl (C=O) groups is 2. The maximum absolute atomic E-state index is 12.2. The van der Waals surface area contributed by atoms with Crippen LogP contribution in [0.4, 0.5) is 0 Å². The molecule has 1 amide bonds. The molecule has 0 aromatic heterocycles. The largest absolute Gasteiger partial charge is 0.328 e. The number of nitrogens with zero attached hydrogens (tertiary/aromatic N) is 1. The Morgan fingerprint density at radius 3 is 2.65 bits per heavy atom. The van der Waals surface area contributed by atoms with Crippen molar-refractivity contribution < 1.29 is 9.59 Å². The fourth-order valence-electron chi connectivity index (χ4n) is 3.53. The molecule has 3 rings (SSSR count). The van der Waals surface area contributed by atoms with Gasteiger partial charge in [0.15, 0.2) is 0 Å². The van der Waals surface area contributed by atoms with Gasteiger partial charge >= 0.3 is 0 Å². The molecule has 1 saturated heterocycles. The van der Waals surface area contributed by atoms with Gasteiger partial charge in [0.25, 0.3) is 5.91 Å². The van der Waals surface area contributed by atoms with Gasteiger partial charge in [-0.25, -0.2) is 0 Å². The third-order valence-corrected chi connectivity index (χ3v) is 4.60. The fraction of sp³-hybridized carbons (Fsp3) is 0.500. The van der Waals surface area contributed by atoms with Crippen LogP contribution < -0.4 is 5.73 Å². The van der Waals surface area contributed by atoms with E-state index >= 15 is 0 Å². The Hall–Kier alpha value is -1.68. The summed E-state index contributed by atoms with van der Waals surface area (Å²) < 4.78 is 0. The first kappa shape index (κ1) is 13.3. The smallest absolute Gasteiger partial charge is 0.290 e. The van der Waals surface area contributed by atoms with E-state index in [0.29, 0.717) is 13.0 Å². The van der Waals surface area contributed by atoms with E-state index in [2.05, 4.69) is 0 Å². The highest BCUT2D eigenvalue weighted by atomic mass is 16.2. The maximum Gasteiger partial charge on any atom is 0.290 e. The molecule has 3 atom stereocenters. The summed E-state index contributed by atoms with van der Waals surface area (Å²) in [5.41, 5.74) is 7.23. The lowest BCUT2D eigenvalue weighted by atomic mass is 9.74. The van der Waals surface area contributed by atoms with Crippen LogP contribution in [0.2, 0.25) is 0 Å². The van der Waals surface area contributed by atoms with Crippen LogP contribution in [0, 0.1) is 5.92 Å². The summed E-state index contributed by atoms with van der Waals surface area (Å²) in [4.78, 5) is 25.9. The minimum atomic E-state index is -0.329. The van der Waals surface area contributed by atoms with Crippen LogP contribution >= 0.6 is 0 Å². The van der Waals surface area contributed by atoms with Crippen LogP contribution in [0.3, 0.4) is 0 Å². The molecular formula is C16H20N2O2. The molecule has 1 aromatic rings. The molecule has 2 aliphatic rings. The van der Waals surface area contributed by atoms with E-state index in [4.69, 9.17) is 5.73 Å². The monoisotopic (exact) mass is 272 g/mol. The van der Waals surface area contributed by atoms with Crippen LogP contribution in [0.1, 0.15) is 31.2 Å². The molecule has 2 N–H and O–H groups in total. The van der Waals surface area contributed by atoms with Crippen molar-refractivity contribution in [2.45, 2.75) is 44.3 Å². The zero-order valence-corrected chi connectivity index (χ0v) is 11.5. The van der Waals surface area contributed by atoms with Gasteiger partial charge in [-0.3, -0.25) is 9.59 Å². The molecule has 0 radical (unpaired) electrons. The van der Waals surface area contributed by atoms with Gasteiger partial charge in [-0.05, 0) is 24.8 Å². The highest BCUT2D eigenvalue weighted by Gasteiger charge is 2.44. The number of amides is 1. The van der Waals surface area contributed by atoms with Crippen LogP contribution in [0.15, 0.2) is 30.3 Å². The van der Waals surface area contributed by atoms with E-state index < -0.39 is 0 Å². The number of piperidine rings is 1. The molecular weight excluding hydrogens is 252 g/mol. The fourth-order valence-corrected chi connectivity index (χ4v) is 3.53. The van der Waals surface area contributed by atoms with Gasteiger partial charge in [-0.1, -0.05) is 30.3 Å². The number of Topliss-reactive ketones (excluding diaryl/α,β-unsaturated/α-hetero) is 1. The molecule has 4 nitrogen and oxygen atoms in total. The predicted molar refractivity (Wildman–Crippen MR) is 75.7 cm³/mol. The summed E-state index contributed by atoms with van der Waals surface area (Å²) in [6.07, 6.45) is 3.29. The summed E-state index contributed by atoms with van der Waals surface area (Å²) >= 11 is 0. The summed E-state index contributed by atoms with van der Waals surface area (Å²) in [6.45, 7) is 0.513. The number of hydrogen-bond donors (Lipinski definition) is 1. The Labute approximate surface area is 118 Å². The number of fused-ring (bicyclic) bond motifs is 1. The molecule has 0 bridgehead atoms. The third-order valence-electron chi connectivity index (χ3n) is 4.60. The summed E-state index contributed by atoms with van der Waals surface area (Å²) in [7, 11) is 0. The number of likely N-dealkylation sites (tertiary alicyclic amines) is 1. The molecule has 106 valence electrons. The van der Waals surface area contributed by atoms with E-state index in [-0.39, 0.29) is 29.7 Å². The standard InChI is InChI=1S/C16H20N2O2/c17-13-7-4-8-14-12(13)9-15(19)16(20)18(14)10-11-5-2-1-3-6-11/h1-3,5-6,12-14H,4,7-10,17H2/t12-,13+,14-/m1/s1. The lowest BCUT2D eigenvalue weighted by Gasteiger charge is -2.45. The zero-order valence-electron chi connectivity index (χ0n) is 11.5. The molecule has 1 saturated carbocycles. The second kappa shape index (κ2) is 5.37. The SMILES string of the molecule is N[C@H]1CCC[C@@H]2[C@@H]1CC(=O)C(=O)N2Cc1ccccc1. The normalized spacial score (nSPS) is 30.2. The van der Waals surface area contributed by atoms with E-state index in [1.54, 1.807) is 4.90 Å². The lowest BCUT2D eigenvalue weighted by molar-refractivity contribution is -0.154. The number of rotatable bonds is 2. The van der Waals surface area contributed by atoms with Crippen molar-refractivity contribution in [2.75, 3.05) is 0 Å². The number of ketones is 1. The molecule has 0 unspecified atom stereocenters. The van der Waals surface area contributed by atoms with Crippen molar-refractivity contribution in [3.05, 3.63) is 35.9 Å². The molecule has 2 fully saturated rings. The van der Waals surface area contributed by atoms with Gasteiger partial charge in [0.2, 0.25) is 5.78 Å². The Bertz CT molecular complexity index is 514. The zero-order chi connectivity index (χ0) is 14.1. The van der Waals surface area contributed by atoms with Gasteiger partial charge in [-0.2, -0.15) is 0 Å². The van der Waals surface area contributed by atoms with Crippen molar-refractivity contribution in [2.24, 2.45) is 11.7 Å². The van der Waals surface area contributed by atoms with E-state index in [9.17, 15) is 9.59 Å². The molecule has 20 heavy (non-hydrogen) atoms. The predicted octanol–water partition coefficient (Wildman–Crippen LogP) is 1.48. The second-order valence-electron chi connectivity index (χ2n) is 5.87. The summed E-state index contributed by atoms with van der Waals surface area (Å²) in [5, 5.41) is 0. The first-order valence-corrected chi connectivity index (χ1v) is 7.30. The van der Waals surface area contributed by atoms with Gasteiger partial charge in [0.1, 0.15) is 0 Å². The summed E-state index contributed by atoms with van der Waals surface area (Å²) in [5.74, 6) is -0.471. The van der Waals surface area contributed by atoms with E-state index in [0.717, 1.165) is 24.8 Å². The average Bonchev–Trinajstić information content (AvgIpc) is 2.46. The summed E-state index contributed by atoms with van der Waals surface area (Å²) in [6, 6.07) is 10.0. The molecule has 0 spiro atoms. The topological polar surface area (TPSA) is 63.4 Å². The lowest BCUT2D eigenvalue weighted by Crippen LogP contribution is -2.58. The third kappa shape index (κ3) is 2.36. The van der Waals surface area contributed by atoms with Gasteiger partial charge in [0, 0.05) is 31.0 Å². The van der Waals surface area contributed by atoms with Crippen molar-refractivity contribution in [1.29, 1.82) is 0 Å². The number of carbonyl (C=O) groups excluding carboxylic acids is 2. The Morgan fingerprint density at radius 2 is 1.90 bits per heavy atom. The minimum Gasteiger partial charge on any atom is -0.328 e. The average molecular weight is 272 g/mol.